The standard InChI is InChI=1S/C8H14O.C6H14O.C4H10O/c1-3-5-6-7-8(9)4-2;1-2-3-4-5-6-7;1-2-3-4-5/h4H,2-3,5-7H2,1H3;7H,2-6H2,1H3;5H,2-4H2,1H3. The molecule has 0 amide bonds. The van der Waals surface area contributed by atoms with Crippen LogP contribution >= 0.6 is 0 Å². The van der Waals surface area contributed by atoms with Crippen molar-refractivity contribution in [1.29, 1.82) is 0 Å². The van der Waals surface area contributed by atoms with Crippen LogP contribution in [-0.2, 0) is 4.79 Å². The molecule has 0 saturated heterocycles. The molecule has 0 radical (unpaired) electrons. The minimum absolute atomic E-state index is 0.170. The van der Waals surface area contributed by atoms with Crippen LogP contribution in [0.4, 0.5) is 0 Å². The number of rotatable bonds is 11. The zero-order valence-corrected chi connectivity index (χ0v) is 14.6. The molecule has 0 aromatic heterocycles. The predicted molar refractivity (Wildman–Crippen MR) is 92.6 cm³/mol. The maximum Gasteiger partial charge on any atom is 0.155 e. The average molecular weight is 302 g/mol. The van der Waals surface area contributed by atoms with E-state index >= 15 is 0 Å². The maximum absolute atomic E-state index is 10.6. The van der Waals surface area contributed by atoms with Gasteiger partial charge in [-0.25, -0.2) is 0 Å². The first-order valence-corrected chi connectivity index (χ1v) is 8.51. The Kier molecular flexibility index (Phi) is 33.3. The van der Waals surface area contributed by atoms with Crippen molar-refractivity contribution >= 4 is 5.78 Å². The van der Waals surface area contributed by atoms with E-state index in [0.717, 1.165) is 32.1 Å². The Bertz CT molecular complexity index is 185. The molecule has 0 heterocycles. The van der Waals surface area contributed by atoms with Gasteiger partial charge in [-0.3, -0.25) is 4.79 Å². The van der Waals surface area contributed by atoms with Crippen LogP contribution in [0.5, 0.6) is 0 Å². The lowest BCUT2D eigenvalue weighted by atomic mass is 10.1. The minimum atomic E-state index is 0.170. The van der Waals surface area contributed by atoms with Gasteiger partial charge < -0.3 is 10.2 Å². The van der Waals surface area contributed by atoms with E-state index in [9.17, 15) is 4.79 Å². The minimum Gasteiger partial charge on any atom is -0.396 e. The van der Waals surface area contributed by atoms with Crippen LogP contribution in [0.25, 0.3) is 0 Å². The maximum atomic E-state index is 10.6. The molecule has 2 N–H and O–H groups in total. The summed E-state index contributed by atoms with van der Waals surface area (Å²) >= 11 is 0. The van der Waals surface area contributed by atoms with Gasteiger partial charge in [0, 0.05) is 19.6 Å². The third-order valence-corrected chi connectivity index (χ3v) is 2.78. The molecule has 128 valence electrons. The number of unbranched alkanes of at least 4 members (excludes halogenated alkanes) is 6. The van der Waals surface area contributed by atoms with Gasteiger partial charge in [0.25, 0.3) is 0 Å². The van der Waals surface area contributed by atoms with Gasteiger partial charge in [-0.15, -0.1) is 0 Å². The Morgan fingerprint density at radius 1 is 0.810 bits per heavy atom. The van der Waals surface area contributed by atoms with Gasteiger partial charge in [0.05, 0.1) is 0 Å². The smallest absolute Gasteiger partial charge is 0.155 e. The van der Waals surface area contributed by atoms with Crippen molar-refractivity contribution < 1.29 is 15.0 Å². The third-order valence-electron chi connectivity index (χ3n) is 2.78. The van der Waals surface area contributed by atoms with E-state index < -0.39 is 0 Å². The number of ketones is 1. The molecule has 0 aliphatic heterocycles. The lowest BCUT2D eigenvalue weighted by Crippen LogP contribution is -1.90. The van der Waals surface area contributed by atoms with Crippen molar-refractivity contribution in [2.75, 3.05) is 13.2 Å². The number of carbonyl (C=O) groups excluding carboxylic acids is 1. The summed E-state index contributed by atoms with van der Waals surface area (Å²) in [5, 5.41) is 16.4. The van der Waals surface area contributed by atoms with Crippen LogP contribution in [0, 0.1) is 0 Å². The quantitative estimate of drug-likeness (QED) is 0.431. The van der Waals surface area contributed by atoms with Crippen LogP contribution in [0.2, 0.25) is 0 Å². The number of hydrogen-bond acceptors (Lipinski definition) is 3. The summed E-state index contributed by atoms with van der Waals surface area (Å²) in [6, 6.07) is 0. The van der Waals surface area contributed by atoms with Gasteiger partial charge >= 0.3 is 0 Å². The highest BCUT2D eigenvalue weighted by Crippen LogP contribution is 1.99. The van der Waals surface area contributed by atoms with E-state index in [1.165, 1.54) is 31.8 Å². The van der Waals surface area contributed by atoms with E-state index in [4.69, 9.17) is 10.2 Å². The molecule has 0 aromatic rings. The second kappa shape index (κ2) is 27.6. The van der Waals surface area contributed by atoms with E-state index in [2.05, 4.69) is 27.4 Å². The summed E-state index contributed by atoms with van der Waals surface area (Å²) in [5.74, 6) is 0.170. The van der Waals surface area contributed by atoms with Crippen molar-refractivity contribution in [2.45, 2.75) is 85.0 Å². The lowest BCUT2D eigenvalue weighted by molar-refractivity contribution is -0.114. The van der Waals surface area contributed by atoms with Crippen LogP contribution in [-0.4, -0.2) is 29.2 Å². The second-order valence-corrected chi connectivity index (χ2v) is 4.99. The summed E-state index contributed by atoms with van der Waals surface area (Å²) < 4.78 is 0. The molecule has 0 unspecified atom stereocenters. The van der Waals surface area contributed by atoms with Crippen molar-refractivity contribution in [3.8, 4) is 0 Å². The van der Waals surface area contributed by atoms with E-state index in [0.29, 0.717) is 19.6 Å². The lowest BCUT2D eigenvalue weighted by Gasteiger charge is -1.91. The topological polar surface area (TPSA) is 57.5 Å². The number of hydrogen-bond donors (Lipinski definition) is 2. The zero-order chi connectivity index (χ0) is 16.8. The predicted octanol–water partition coefficient (Wildman–Crippen LogP) is 4.66. The van der Waals surface area contributed by atoms with Gasteiger partial charge in [0.2, 0.25) is 0 Å². The van der Waals surface area contributed by atoms with Gasteiger partial charge in [0.1, 0.15) is 0 Å². The van der Waals surface area contributed by atoms with Crippen molar-refractivity contribution in [2.24, 2.45) is 0 Å². The third kappa shape index (κ3) is 38.2. The number of allylic oxidation sites excluding steroid dienone is 1. The normalized spacial score (nSPS) is 9.00. The SMILES string of the molecule is C=CC(=O)CCCCC.CCCCCCO.CCCCO. The summed E-state index contributed by atoms with van der Waals surface area (Å²) in [7, 11) is 0. The van der Waals surface area contributed by atoms with E-state index in [1.807, 2.05) is 0 Å². The molecule has 0 aliphatic rings. The number of aliphatic hydroxyl groups is 2. The molecule has 0 atom stereocenters. The highest BCUT2D eigenvalue weighted by atomic mass is 16.3. The number of aliphatic hydroxyl groups excluding tert-OH is 2. The summed E-state index contributed by atoms with van der Waals surface area (Å²) in [6.45, 7) is 10.4. The Hall–Kier alpha value is -0.670. The fourth-order valence-corrected chi connectivity index (χ4v) is 1.35. The van der Waals surface area contributed by atoms with Crippen molar-refractivity contribution in [3.63, 3.8) is 0 Å². The van der Waals surface area contributed by atoms with E-state index in [-0.39, 0.29) is 5.78 Å². The molecule has 0 saturated carbocycles. The molecule has 0 spiro atoms. The van der Waals surface area contributed by atoms with Crippen LogP contribution < -0.4 is 0 Å². The Labute approximate surface area is 132 Å². The Morgan fingerprint density at radius 3 is 1.62 bits per heavy atom. The Balaban J connectivity index is -0.000000242. The molecule has 0 bridgehead atoms. The van der Waals surface area contributed by atoms with Gasteiger partial charge in [-0.05, 0) is 25.3 Å². The fourth-order valence-electron chi connectivity index (χ4n) is 1.35. The van der Waals surface area contributed by atoms with Crippen molar-refractivity contribution in [1.82, 2.24) is 0 Å². The van der Waals surface area contributed by atoms with Gasteiger partial charge in [0.15, 0.2) is 5.78 Å². The molecular weight excluding hydrogens is 264 g/mol. The zero-order valence-electron chi connectivity index (χ0n) is 14.6. The fraction of sp³-hybridized carbons (Fsp3) is 0.833. The van der Waals surface area contributed by atoms with Crippen LogP contribution in [0.1, 0.15) is 85.0 Å². The summed E-state index contributed by atoms with van der Waals surface area (Å²) in [6.07, 6.45) is 12.1. The first-order chi connectivity index (χ1) is 10.1. The average Bonchev–Trinajstić information content (AvgIpc) is 2.50. The second-order valence-electron chi connectivity index (χ2n) is 4.99. The molecule has 3 nitrogen and oxygen atoms in total. The molecule has 21 heavy (non-hydrogen) atoms. The molecular formula is C18H38O3. The molecule has 3 heteroatoms. The van der Waals surface area contributed by atoms with Crippen LogP contribution in [0.3, 0.4) is 0 Å². The summed E-state index contributed by atoms with van der Waals surface area (Å²) in [4.78, 5) is 10.6. The highest BCUT2D eigenvalue weighted by molar-refractivity contribution is 5.88. The largest absolute Gasteiger partial charge is 0.396 e. The van der Waals surface area contributed by atoms with Gasteiger partial charge in [-0.1, -0.05) is 65.9 Å². The van der Waals surface area contributed by atoms with E-state index in [1.54, 1.807) is 0 Å². The molecule has 0 rings (SSSR count). The highest BCUT2D eigenvalue weighted by Gasteiger charge is 1.92. The number of carbonyl (C=O) groups is 1. The molecule has 0 aromatic carbocycles. The van der Waals surface area contributed by atoms with Crippen LogP contribution in [0.15, 0.2) is 12.7 Å². The monoisotopic (exact) mass is 302 g/mol. The molecule has 0 aliphatic carbocycles. The first kappa shape index (κ1) is 25.3. The van der Waals surface area contributed by atoms with Crippen molar-refractivity contribution in [3.05, 3.63) is 12.7 Å². The summed E-state index contributed by atoms with van der Waals surface area (Å²) in [5.41, 5.74) is 0. The molecule has 0 fully saturated rings. The first-order valence-electron chi connectivity index (χ1n) is 8.51. The Morgan fingerprint density at radius 2 is 1.29 bits per heavy atom. The van der Waals surface area contributed by atoms with Gasteiger partial charge in [-0.2, -0.15) is 0 Å².